The molecule has 96 valence electrons. The van der Waals surface area contributed by atoms with Crippen molar-refractivity contribution in [3.05, 3.63) is 23.5 Å². The first kappa shape index (κ1) is 11.5. The monoisotopic (exact) mass is 247 g/mol. The number of H-pyrrole nitrogens is 1. The molecule has 3 rings (SSSR count). The van der Waals surface area contributed by atoms with E-state index >= 15 is 0 Å². The summed E-state index contributed by atoms with van der Waals surface area (Å²) in [5.74, 6) is 1.16. The fourth-order valence-corrected chi connectivity index (χ4v) is 3.66. The molecule has 0 saturated heterocycles. The Morgan fingerprint density at radius 1 is 1.33 bits per heavy atom. The first-order valence-corrected chi connectivity index (χ1v) is 6.58. The van der Waals surface area contributed by atoms with Crippen LogP contribution >= 0.6 is 0 Å². The summed E-state index contributed by atoms with van der Waals surface area (Å²) in [5, 5.41) is 8.81. The Bertz CT molecular complexity index is 491. The molecule has 3 atom stereocenters. The highest BCUT2D eigenvalue weighted by molar-refractivity contribution is 5.98. The molecule has 2 bridgehead atoms. The molecule has 0 radical (unpaired) electrons. The number of carbonyl (C=O) groups excluding carboxylic acids is 1. The lowest BCUT2D eigenvalue weighted by Gasteiger charge is -2.20. The van der Waals surface area contributed by atoms with Gasteiger partial charge < -0.3 is 10.1 Å². The Hall–Kier alpha value is -1.58. The van der Waals surface area contributed by atoms with Crippen molar-refractivity contribution in [2.24, 2.45) is 17.8 Å². The number of carboxylic acids is 1. The number of Topliss-reactive ketones (excluding diaryl/α,β-unsaturated/α-hetero) is 1. The molecule has 1 aromatic rings. The Balaban J connectivity index is 1.65. The Morgan fingerprint density at radius 3 is 2.72 bits per heavy atom. The van der Waals surface area contributed by atoms with E-state index in [1.807, 2.05) is 0 Å². The minimum atomic E-state index is -1.02. The molecular formula is C14H17NO3. The van der Waals surface area contributed by atoms with Gasteiger partial charge in [-0.3, -0.25) is 4.79 Å². The number of rotatable bonds is 4. The smallest absolute Gasteiger partial charge is 0.352 e. The minimum Gasteiger partial charge on any atom is -0.477 e. The number of aromatic nitrogens is 1. The highest BCUT2D eigenvalue weighted by Gasteiger charge is 2.40. The number of ketones is 1. The fraction of sp³-hybridized carbons (Fsp3) is 0.571. The van der Waals surface area contributed by atoms with Crippen LogP contribution in [0, 0.1) is 17.8 Å². The highest BCUT2D eigenvalue weighted by Crippen LogP contribution is 2.49. The van der Waals surface area contributed by atoms with Gasteiger partial charge in [-0.2, -0.15) is 0 Å². The van der Waals surface area contributed by atoms with Crippen molar-refractivity contribution < 1.29 is 14.7 Å². The number of nitrogens with one attached hydrogen (secondary N) is 1. The van der Waals surface area contributed by atoms with Crippen LogP contribution in [0.4, 0.5) is 0 Å². The van der Waals surface area contributed by atoms with Gasteiger partial charge in [0.25, 0.3) is 0 Å². The average molecular weight is 247 g/mol. The van der Waals surface area contributed by atoms with E-state index < -0.39 is 5.97 Å². The lowest BCUT2D eigenvalue weighted by atomic mass is 9.84. The second-order valence-corrected chi connectivity index (χ2v) is 5.67. The zero-order valence-corrected chi connectivity index (χ0v) is 10.2. The number of carbonyl (C=O) groups is 2. The molecule has 2 N–H and O–H groups in total. The van der Waals surface area contributed by atoms with Gasteiger partial charge in [0.1, 0.15) is 5.69 Å². The summed E-state index contributed by atoms with van der Waals surface area (Å²) in [6.07, 6.45) is 7.19. The third-order valence-corrected chi connectivity index (χ3v) is 4.57. The second-order valence-electron chi connectivity index (χ2n) is 5.67. The summed E-state index contributed by atoms with van der Waals surface area (Å²) in [6, 6.07) is 1.44. The molecule has 2 aliphatic rings. The van der Waals surface area contributed by atoms with Gasteiger partial charge in [0.2, 0.25) is 0 Å². The zero-order valence-electron chi connectivity index (χ0n) is 10.2. The molecule has 0 spiro atoms. The van der Waals surface area contributed by atoms with Gasteiger partial charge in [-0.25, -0.2) is 4.79 Å². The summed E-state index contributed by atoms with van der Waals surface area (Å²) >= 11 is 0. The first-order valence-electron chi connectivity index (χ1n) is 6.58. The van der Waals surface area contributed by atoms with Gasteiger partial charge in [0.15, 0.2) is 5.78 Å². The Labute approximate surface area is 105 Å². The topological polar surface area (TPSA) is 70.2 Å². The summed E-state index contributed by atoms with van der Waals surface area (Å²) in [4.78, 5) is 25.5. The normalized spacial score (nSPS) is 29.7. The standard InChI is InChI=1S/C14H17NO3/c16-13(11-5-12(14(17)18)15-7-11)6-10-4-8-1-2-9(10)3-8/h5,7-10,15H,1-4,6H2,(H,17,18). The molecule has 0 amide bonds. The predicted molar refractivity (Wildman–Crippen MR) is 65.6 cm³/mol. The average Bonchev–Trinajstić information content (AvgIpc) is 3.04. The van der Waals surface area contributed by atoms with Gasteiger partial charge in [-0.05, 0) is 43.1 Å². The SMILES string of the molecule is O=C(CC1CC2CCC1C2)c1c[nH]c(C(=O)O)c1. The van der Waals surface area contributed by atoms with E-state index in [1.54, 1.807) is 0 Å². The van der Waals surface area contributed by atoms with Gasteiger partial charge in [-0.15, -0.1) is 0 Å². The molecule has 3 unspecified atom stereocenters. The summed E-state index contributed by atoms with van der Waals surface area (Å²) < 4.78 is 0. The molecule has 0 aromatic carbocycles. The van der Waals surface area contributed by atoms with Crippen molar-refractivity contribution in [3.8, 4) is 0 Å². The van der Waals surface area contributed by atoms with Crippen LogP contribution in [-0.4, -0.2) is 21.8 Å². The molecule has 2 saturated carbocycles. The van der Waals surface area contributed by atoms with E-state index in [-0.39, 0.29) is 11.5 Å². The maximum absolute atomic E-state index is 12.1. The Morgan fingerprint density at radius 2 is 2.17 bits per heavy atom. The molecule has 1 heterocycles. The van der Waals surface area contributed by atoms with E-state index in [2.05, 4.69) is 4.98 Å². The molecule has 2 fully saturated rings. The molecule has 2 aliphatic carbocycles. The van der Waals surface area contributed by atoms with Gasteiger partial charge in [0, 0.05) is 18.2 Å². The summed E-state index contributed by atoms with van der Waals surface area (Å²) in [6.45, 7) is 0. The van der Waals surface area contributed by atoms with Crippen LogP contribution in [0.25, 0.3) is 0 Å². The third-order valence-electron chi connectivity index (χ3n) is 4.57. The fourth-order valence-electron chi connectivity index (χ4n) is 3.66. The van der Waals surface area contributed by atoms with Crippen LogP contribution in [0.15, 0.2) is 12.3 Å². The minimum absolute atomic E-state index is 0.0799. The zero-order chi connectivity index (χ0) is 12.7. The first-order chi connectivity index (χ1) is 8.63. The molecule has 1 aromatic heterocycles. The van der Waals surface area contributed by atoms with Crippen molar-refractivity contribution in [1.82, 2.24) is 4.98 Å². The van der Waals surface area contributed by atoms with Crippen molar-refractivity contribution in [2.45, 2.75) is 32.1 Å². The Kier molecular flexibility index (Phi) is 2.73. The predicted octanol–water partition coefficient (Wildman–Crippen LogP) is 2.72. The van der Waals surface area contributed by atoms with Crippen LogP contribution in [0.2, 0.25) is 0 Å². The van der Waals surface area contributed by atoms with Crippen molar-refractivity contribution in [2.75, 3.05) is 0 Å². The highest BCUT2D eigenvalue weighted by atomic mass is 16.4. The third kappa shape index (κ3) is 1.96. The van der Waals surface area contributed by atoms with Gasteiger partial charge in [-0.1, -0.05) is 6.42 Å². The largest absolute Gasteiger partial charge is 0.477 e. The molecule has 4 nitrogen and oxygen atoms in total. The van der Waals surface area contributed by atoms with Crippen LogP contribution in [0.5, 0.6) is 0 Å². The quantitative estimate of drug-likeness (QED) is 0.804. The number of aromatic amines is 1. The van der Waals surface area contributed by atoms with Gasteiger partial charge in [0.05, 0.1) is 0 Å². The maximum atomic E-state index is 12.1. The van der Waals surface area contributed by atoms with Crippen LogP contribution in [0.1, 0.15) is 53.0 Å². The molecule has 4 heteroatoms. The molecule has 0 aliphatic heterocycles. The van der Waals surface area contributed by atoms with E-state index in [0.717, 1.165) is 11.8 Å². The van der Waals surface area contributed by atoms with Crippen LogP contribution in [-0.2, 0) is 0 Å². The number of hydrogen-bond donors (Lipinski definition) is 2. The number of fused-ring (bicyclic) bond motifs is 2. The van der Waals surface area contributed by atoms with Crippen molar-refractivity contribution in [1.29, 1.82) is 0 Å². The van der Waals surface area contributed by atoms with Gasteiger partial charge >= 0.3 is 5.97 Å². The van der Waals surface area contributed by atoms with Crippen LogP contribution in [0.3, 0.4) is 0 Å². The van der Waals surface area contributed by atoms with E-state index in [0.29, 0.717) is 17.9 Å². The van der Waals surface area contributed by atoms with E-state index in [9.17, 15) is 9.59 Å². The molecular weight excluding hydrogens is 230 g/mol. The van der Waals surface area contributed by atoms with Crippen LogP contribution < -0.4 is 0 Å². The van der Waals surface area contributed by atoms with Crippen molar-refractivity contribution >= 4 is 11.8 Å². The summed E-state index contributed by atoms with van der Waals surface area (Å²) in [7, 11) is 0. The number of hydrogen-bond acceptors (Lipinski definition) is 2. The number of aromatic carboxylic acids is 1. The summed E-state index contributed by atoms with van der Waals surface area (Å²) in [5.41, 5.74) is 0.599. The van der Waals surface area contributed by atoms with E-state index in [4.69, 9.17) is 5.11 Å². The van der Waals surface area contributed by atoms with Crippen molar-refractivity contribution in [3.63, 3.8) is 0 Å². The number of carboxylic acid groups (broad SMARTS) is 1. The maximum Gasteiger partial charge on any atom is 0.352 e. The lowest BCUT2D eigenvalue weighted by molar-refractivity contribution is 0.0691. The lowest BCUT2D eigenvalue weighted by Crippen LogP contribution is -2.15. The molecule has 18 heavy (non-hydrogen) atoms. The van der Waals surface area contributed by atoms with E-state index in [1.165, 1.54) is 37.9 Å². The second kappa shape index (κ2) is 4.26.